The van der Waals surface area contributed by atoms with Gasteiger partial charge in [-0.05, 0) is 37.1 Å². The van der Waals surface area contributed by atoms with E-state index in [0.717, 1.165) is 29.8 Å². The Kier molecular flexibility index (Phi) is 1.72. The van der Waals surface area contributed by atoms with Crippen LogP contribution in [0.5, 0.6) is 0 Å². The summed E-state index contributed by atoms with van der Waals surface area (Å²) in [7, 11) is 0. The van der Waals surface area contributed by atoms with Gasteiger partial charge in [0.15, 0.2) is 0 Å². The molecular weight excluding hydrogens is 160 g/mol. The molecule has 0 aromatic heterocycles. The predicted molar refractivity (Wildman–Crippen MR) is 53.6 cm³/mol. The monoisotopic (exact) mass is 180 g/mol. The van der Waals surface area contributed by atoms with E-state index in [2.05, 4.69) is 24.5 Å². The third kappa shape index (κ3) is 1.08. The van der Waals surface area contributed by atoms with Crippen LogP contribution in [0, 0.1) is 17.8 Å². The Morgan fingerprint density at radius 3 is 2.85 bits per heavy atom. The van der Waals surface area contributed by atoms with Crippen LogP contribution in [-0.4, -0.2) is 24.7 Å². The topological polar surface area (TPSA) is 24.1 Å². The van der Waals surface area contributed by atoms with Crippen molar-refractivity contribution in [1.29, 1.82) is 0 Å². The molecule has 2 N–H and O–H groups in total. The number of hydrogen-bond donors (Lipinski definition) is 2. The van der Waals surface area contributed by atoms with Gasteiger partial charge >= 0.3 is 0 Å². The van der Waals surface area contributed by atoms with E-state index < -0.39 is 0 Å². The zero-order valence-electron chi connectivity index (χ0n) is 8.59. The van der Waals surface area contributed by atoms with Crippen LogP contribution in [0.25, 0.3) is 0 Å². The molecule has 1 heterocycles. The molecule has 2 heteroatoms. The molecule has 3 rings (SSSR count). The van der Waals surface area contributed by atoms with Gasteiger partial charge in [-0.15, -0.1) is 0 Å². The molecule has 1 aliphatic heterocycles. The van der Waals surface area contributed by atoms with Crippen molar-refractivity contribution in [3.8, 4) is 0 Å². The van der Waals surface area contributed by atoms with Crippen molar-refractivity contribution in [2.45, 2.75) is 44.8 Å². The van der Waals surface area contributed by atoms with Gasteiger partial charge in [-0.2, -0.15) is 0 Å². The van der Waals surface area contributed by atoms with E-state index in [9.17, 15) is 0 Å². The molecular formula is C11H20N2. The zero-order chi connectivity index (χ0) is 9.00. The van der Waals surface area contributed by atoms with Crippen molar-refractivity contribution < 1.29 is 0 Å². The van der Waals surface area contributed by atoms with E-state index in [1.54, 1.807) is 0 Å². The lowest BCUT2D eigenvalue weighted by Gasteiger charge is -2.30. The largest absolute Gasteiger partial charge is 0.312 e. The van der Waals surface area contributed by atoms with Crippen LogP contribution in [0.1, 0.15) is 26.7 Å². The maximum Gasteiger partial charge on any atom is 0.0255 e. The molecule has 0 aromatic rings. The SMILES string of the molecule is CC(C)NC1C2CC3CNC1C3C2. The fourth-order valence-electron chi connectivity index (χ4n) is 3.92. The Morgan fingerprint density at radius 2 is 2.08 bits per heavy atom. The van der Waals surface area contributed by atoms with Crippen molar-refractivity contribution in [3.63, 3.8) is 0 Å². The Balaban J connectivity index is 1.77. The van der Waals surface area contributed by atoms with Crippen LogP contribution in [-0.2, 0) is 0 Å². The minimum Gasteiger partial charge on any atom is -0.312 e. The van der Waals surface area contributed by atoms with E-state index in [4.69, 9.17) is 0 Å². The second-order valence-corrected chi connectivity index (χ2v) is 5.44. The van der Waals surface area contributed by atoms with Crippen molar-refractivity contribution in [2.75, 3.05) is 6.54 Å². The second kappa shape index (κ2) is 2.71. The molecule has 0 radical (unpaired) electrons. The summed E-state index contributed by atoms with van der Waals surface area (Å²) in [5, 5.41) is 7.44. The van der Waals surface area contributed by atoms with Gasteiger partial charge in [0, 0.05) is 18.1 Å². The van der Waals surface area contributed by atoms with Crippen molar-refractivity contribution in [2.24, 2.45) is 17.8 Å². The molecule has 0 amide bonds. The van der Waals surface area contributed by atoms with Crippen LogP contribution in [0.3, 0.4) is 0 Å². The zero-order valence-corrected chi connectivity index (χ0v) is 8.59. The van der Waals surface area contributed by atoms with Gasteiger partial charge in [0.2, 0.25) is 0 Å². The minimum atomic E-state index is 0.644. The summed E-state index contributed by atoms with van der Waals surface area (Å²) in [4.78, 5) is 0. The van der Waals surface area contributed by atoms with E-state index >= 15 is 0 Å². The Hall–Kier alpha value is -0.0800. The smallest absolute Gasteiger partial charge is 0.0255 e. The fourth-order valence-corrected chi connectivity index (χ4v) is 3.92. The lowest BCUT2D eigenvalue weighted by molar-refractivity contribution is 0.283. The molecule has 13 heavy (non-hydrogen) atoms. The predicted octanol–water partition coefficient (Wildman–Crippen LogP) is 0.981. The Morgan fingerprint density at radius 1 is 1.23 bits per heavy atom. The van der Waals surface area contributed by atoms with Crippen LogP contribution in [0.4, 0.5) is 0 Å². The summed E-state index contributed by atoms with van der Waals surface area (Å²) >= 11 is 0. The van der Waals surface area contributed by atoms with Gasteiger partial charge in [0.05, 0.1) is 0 Å². The fraction of sp³-hybridized carbons (Fsp3) is 1.00. The molecule has 1 saturated heterocycles. The first-order valence-corrected chi connectivity index (χ1v) is 5.75. The van der Waals surface area contributed by atoms with E-state index in [1.165, 1.54) is 19.4 Å². The molecule has 2 bridgehead atoms. The van der Waals surface area contributed by atoms with Gasteiger partial charge in [-0.1, -0.05) is 13.8 Å². The summed E-state index contributed by atoms with van der Waals surface area (Å²) in [6, 6.07) is 2.24. The van der Waals surface area contributed by atoms with E-state index in [1.807, 2.05) is 0 Å². The summed E-state index contributed by atoms with van der Waals surface area (Å²) in [5.41, 5.74) is 0. The van der Waals surface area contributed by atoms with Gasteiger partial charge in [-0.25, -0.2) is 0 Å². The van der Waals surface area contributed by atoms with Gasteiger partial charge in [0.1, 0.15) is 0 Å². The highest BCUT2D eigenvalue weighted by molar-refractivity contribution is 5.12. The third-order valence-corrected chi connectivity index (χ3v) is 4.28. The molecule has 74 valence electrons. The molecule has 0 spiro atoms. The maximum atomic E-state index is 3.74. The van der Waals surface area contributed by atoms with Crippen LogP contribution in [0.15, 0.2) is 0 Å². The first-order valence-electron chi connectivity index (χ1n) is 5.75. The highest BCUT2D eigenvalue weighted by atomic mass is 15.1. The number of fused-ring (bicyclic) bond motifs is 1. The summed E-state index contributed by atoms with van der Waals surface area (Å²) in [6.07, 6.45) is 2.98. The summed E-state index contributed by atoms with van der Waals surface area (Å²) < 4.78 is 0. The normalized spacial score (nSPS) is 52.4. The second-order valence-electron chi connectivity index (χ2n) is 5.44. The minimum absolute atomic E-state index is 0.644. The maximum absolute atomic E-state index is 3.74. The van der Waals surface area contributed by atoms with Gasteiger partial charge in [-0.3, -0.25) is 0 Å². The van der Waals surface area contributed by atoms with Crippen LogP contribution >= 0.6 is 0 Å². The molecule has 5 atom stereocenters. The summed E-state index contributed by atoms with van der Waals surface area (Å²) in [6.45, 7) is 5.82. The first kappa shape index (κ1) is 8.25. The average molecular weight is 180 g/mol. The standard InChI is InChI=1S/C11H20N2/c1-6(2)13-10-7-3-8-5-12-11(10)9(8)4-7/h6-13H,3-5H2,1-2H3. The van der Waals surface area contributed by atoms with Crippen LogP contribution < -0.4 is 10.6 Å². The molecule has 5 unspecified atom stereocenters. The van der Waals surface area contributed by atoms with E-state index in [-0.39, 0.29) is 0 Å². The molecule has 2 nitrogen and oxygen atoms in total. The Bertz CT molecular complexity index is 212. The van der Waals surface area contributed by atoms with Crippen molar-refractivity contribution in [3.05, 3.63) is 0 Å². The summed E-state index contributed by atoms with van der Waals surface area (Å²) in [5.74, 6) is 3.03. The Labute approximate surface area is 80.5 Å². The number of hydrogen-bond acceptors (Lipinski definition) is 2. The first-order chi connectivity index (χ1) is 6.25. The van der Waals surface area contributed by atoms with Gasteiger partial charge < -0.3 is 10.6 Å². The highest BCUT2D eigenvalue weighted by Gasteiger charge is 2.55. The highest BCUT2D eigenvalue weighted by Crippen LogP contribution is 2.51. The lowest BCUT2D eigenvalue weighted by Crippen LogP contribution is -2.49. The average Bonchev–Trinajstić information content (AvgIpc) is 2.60. The lowest BCUT2D eigenvalue weighted by atomic mass is 9.86. The molecule has 2 saturated carbocycles. The molecule has 2 aliphatic carbocycles. The molecule has 0 aromatic carbocycles. The van der Waals surface area contributed by atoms with E-state index in [0.29, 0.717) is 6.04 Å². The third-order valence-electron chi connectivity index (χ3n) is 4.28. The van der Waals surface area contributed by atoms with Crippen LogP contribution in [0.2, 0.25) is 0 Å². The van der Waals surface area contributed by atoms with Crippen molar-refractivity contribution in [1.82, 2.24) is 10.6 Å². The number of rotatable bonds is 2. The quantitative estimate of drug-likeness (QED) is 0.662. The van der Waals surface area contributed by atoms with Gasteiger partial charge in [0.25, 0.3) is 0 Å². The molecule has 3 fully saturated rings. The van der Waals surface area contributed by atoms with Crippen molar-refractivity contribution >= 4 is 0 Å². The number of nitrogens with one attached hydrogen (secondary N) is 2. The molecule has 3 aliphatic rings.